The summed E-state index contributed by atoms with van der Waals surface area (Å²) in [5.41, 5.74) is 8.14. The highest BCUT2D eigenvalue weighted by Gasteiger charge is 2.27. The summed E-state index contributed by atoms with van der Waals surface area (Å²) in [6, 6.07) is 15.2. The average Bonchev–Trinajstić information content (AvgIpc) is 3.11. The van der Waals surface area contributed by atoms with Crippen molar-refractivity contribution >= 4 is 17.3 Å². The highest BCUT2D eigenvalue weighted by Crippen LogP contribution is 2.25. The molecular formula is C19H23N3O2. The summed E-state index contributed by atoms with van der Waals surface area (Å²) in [7, 11) is 1.64. The van der Waals surface area contributed by atoms with E-state index in [2.05, 4.69) is 5.32 Å². The Bertz CT molecular complexity index is 700. The molecule has 2 aromatic rings. The van der Waals surface area contributed by atoms with Gasteiger partial charge < -0.3 is 20.7 Å². The van der Waals surface area contributed by atoms with Crippen molar-refractivity contribution in [3.8, 4) is 5.75 Å². The quantitative estimate of drug-likeness (QED) is 0.887. The van der Waals surface area contributed by atoms with Gasteiger partial charge in [-0.3, -0.25) is 4.79 Å². The molecule has 0 radical (unpaired) electrons. The topological polar surface area (TPSA) is 67.6 Å². The first-order chi connectivity index (χ1) is 11.7. The van der Waals surface area contributed by atoms with Crippen molar-refractivity contribution in [2.45, 2.75) is 6.42 Å². The van der Waals surface area contributed by atoms with Gasteiger partial charge in [-0.2, -0.15) is 0 Å². The van der Waals surface area contributed by atoms with E-state index < -0.39 is 0 Å². The van der Waals surface area contributed by atoms with E-state index in [1.54, 1.807) is 7.11 Å². The number of hydrogen-bond donors (Lipinski definition) is 2. The van der Waals surface area contributed by atoms with Crippen molar-refractivity contribution in [2.24, 2.45) is 11.7 Å². The molecule has 5 heteroatoms. The zero-order valence-corrected chi connectivity index (χ0v) is 13.9. The molecule has 0 unspecified atom stereocenters. The SMILES string of the molecule is COc1ccc(Nc2ccccc2C(=O)N2CC[C@@H](CN)C2)cc1. The minimum atomic E-state index is 0.0579. The fraction of sp³-hybridized carbons (Fsp3) is 0.316. The van der Waals surface area contributed by atoms with Gasteiger partial charge in [0.05, 0.1) is 18.4 Å². The number of para-hydroxylation sites is 1. The van der Waals surface area contributed by atoms with Gasteiger partial charge in [-0.1, -0.05) is 12.1 Å². The van der Waals surface area contributed by atoms with Gasteiger partial charge in [0.1, 0.15) is 5.75 Å². The summed E-state index contributed by atoms with van der Waals surface area (Å²) in [5.74, 6) is 1.27. The molecule has 1 aliphatic heterocycles. The smallest absolute Gasteiger partial charge is 0.255 e. The lowest BCUT2D eigenvalue weighted by atomic mass is 10.1. The Morgan fingerprint density at radius 1 is 1.25 bits per heavy atom. The van der Waals surface area contributed by atoms with E-state index in [0.29, 0.717) is 18.0 Å². The molecule has 0 aliphatic carbocycles. The Labute approximate surface area is 142 Å². The van der Waals surface area contributed by atoms with Gasteiger partial charge in [0.2, 0.25) is 0 Å². The fourth-order valence-electron chi connectivity index (χ4n) is 2.99. The number of nitrogens with two attached hydrogens (primary N) is 1. The lowest BCUT2D eigenvalue weighted by Crippen LogP contribution is -2.30. The Morgan fingerprint density at radius 3 is 2.67 bits per heavy atom. The molecule has 1 saturated heterocycles. The Hall–Kier alpha value is -2.53. The normalized spacial score (nSPS) is 16.9. The monoisotopic (exact) mass is 325 g/mol. The second kappa shape index (κ2) is 7.36. The second-order valence-corrected chi connectivity index (χ2v) is 6.04. The van der Waals surface area contributed by atoms with Crippen molar-refractivity contribution in [2.75, 3.05) is 32.1 Å². The van der Waals surface area contributed by atoms with Crippen LogP contribution < -0.4 is 15.8 Å². The minimum Gasteiger partial charge on any atom is -0.497 e. The van der Waals surface area contributed by atoms with E-state index >= 15 is 0 Å². The van der Waals surface area contributed by atoms with E-state index in [4.69, 9.17) is 10.5 Å². The molecule has 0 saturated carbocycles. The molecule has 126 valence electrons. The van der Waals surface area contributed by atoms with Crippen molar-refractivity contribution in [3.63, 3.8) is 0 Å². The number of rotatable bonds is 5. The van der Waals surface area contributed by atoms with Crippen LogP contribution >= 0.6 is 0 Å². The van der Waals surface area contributed by atoms with Gasteiger partial charge in [-0.25, -0.2) is 0 Å². The highest BCUT2D eigenvalue weighted by atomic mass is 16.5. The Balaban J connectivity index is 1.78. The number of carbonyl (C=O) groups is 1. The molecule has 3 N–H and O–H groups in total. The van der Waals surface area contributed by atoms with Crippen molar-refractivity contribution in [1.82, 2.24) is 4.90 Å². The van der Waals surface area contributed by atoms with Crippen LogP contribution in [0.25, 0.3) is 0 Å². The van der Waals surface area contributed by atoms with E-state index in [0.717, 1.165) is 36.6 Å². The molecule has 24 heavy (non-hydrogen) atoms. The van der Waals surface area contributed by atoms with Crippen LogP contribution in [0.2, 0.25) is 0 Å². The van der Waals surface area contributed by atoms with Gasteiger partial charge in [0, 0.05) is 18.8 Å². The molecule has 5 nitrogen and oxygen atoms in total. The van der Waals surface area contributed by atoms with E-state index in [9.17, 15) is 4.79 Å². The van der Waals surface area contributed by atoms with Crippen LogP contribution in [0.15, 0.2) is 48.5 Å². The third-order valence-corrected chi connectivity index (χ3v) is 4.43. The maximum atomic E-state index is 12.8. The van der Waals surface area contributed by atoms with Crippen molar-refractivity contribution < 1.29 is 9.53 Å². The number of carbonyl (C=O) groups excluding carboxylic acids is 1. The van der Waals surface area contributed by atoms with Crippen molar-refractivity contribution in [1.29, 1.82) is 0 Å². The van der Waals surface area contributed by atoms with E-state index in [1.165, 1.54) is 0 Å². The van der Waals surface area contributed by atoms with Gasteiger partial charge in [0.25, 0.3) is 5.91 Å². The third-order valence-electron chi connectivity index (χ3n) is 4.43. The first-order valence-corrected chi connectivity index (χ1v) is 8.20. The summed E-state index contributed by atoms with van der Waals surface area (Å²) >= 11 is 0. The molecule has 0 bridgehead atoms. The zero-order valence-electron chi connectivity index (χ0n) is 13.9. The second-order valence-electron chi connectivity index (χ2n) is 6.04. The molecule has 1 atom stereocenters. The van der Waals surface area contributed by atoms with Gasteiger partial charge in [-0.15, -0.1) is 0 Å². The fourth-order valence-corrected chi connectivity index (χ4v) is 2.99. The molecule has 1 heterocycles. The van der Waals surface area contributed by atoms with E-state index in [1.807, 2.05) is 53.4 Å². The molecule has 1 aliphatic rings. The maximum absolute atomic E-state index is 12.8. The molecule has 0 spiro atoms. The number of methoxy groups -OCH3 is 1. The Kier molecular flexibility index (Phi) is 5.01. The number of nitrogens with one attached hydrogen (secondary N) is 1. The van der Waals surface area contributed by atoms with Crippen LogP contribution in [0.4, 0.5) is 11.4 Å². The average molecular weight is 325 g/mol. The van der Waals surface area contributed by atoms with Crippen LogP contribution in [-0.2, 0) is 0 Å². The summed E-state index contributed by atoms with van der Waals surface area (Å²) in [4.78, 5) is 14.7. The maximum Gasteiger partial charge on any atom is 0.255 e. The van der Waals surface area contributed by atoms with Crippen LogP contribution in [0.3, 0.4) is 0 Å². The lowest BCUT2D eigenvalue weighted by molar-refractivity contribution is 0.0788. The number of nitrogens with zero attached hydrogens (tertiary/aromatic N) is 1. The number of ether oxygens (including phenoxy) is 1. The molecule has 1 amide bonds. The Morgan fingerprint density at radius 2 is 2.00 bits per heavy atom. The number of amides is 1. The van der Waals surface area contributed by atoms with Crippen LogP contribution in [0.1, 0.15) is 16.8 Å². The molecule has 2 aromatic carbocycles. The molecule has 0 aromatic heterocycles. The summed E-state index contributed by atoms with van der Waals surface area (Å²) in [5, 5.41) is 3.33. The zero-order chi connectivity index (χ0) is 16.9. The van der Waals surface area contributed by atoms with Gasteiger partial charge in [-0.05, 0) is 55.3 Å². The molecule has 3 rings (SSSR count). The summed E-state index contributed by atoms with van der Waals surface area (Å²) < 4.78 is 5.17. The molecular weight excluding hydrogens is 302 g/mol. The van der Waals surface area contributed by atoms with Crippen molar-refractivity contribution in [3.05, 3.63) is 54.1 Å². The minimum absolute atomic E-state index is 0.0579. The number of likely N-dealkylation sites (tertiary alicyclic amines) is 1. The third kappa shape index (κ3) is 3.51. The standard InChI is InChI=1S/C19H23N3O2/c1-24-16-8-6-15(7-9-16)21-18-5-3-2-4-17(18)19(23)22-11-10-14(12-20)13-22/h2-9,14,21H,10-13,20H2,1H3/t14-/m0/s1. The van der Waals surface area contributed by atoms with Gasteiger partial charge in [0.15, 0.2) is 0 Å². The van der Waals surface area contributed by atoms with Crippen LogP contribution in [0, 0.1) is 5.92 Å². The predicted octanol–water partition coefficient (Wildman–Crippen LogP) is 2.86. The summed E-state index contributed by atoms with van der Waals surface area (Å²) in [6.07, 6.45) is 0.982. The molecule has 1 fully saturated rings. The van der Waals surface area contributed by atoms with E-state index in [-0.39, 0.29) is 5.91 Å². The number of hydrogen-bond acceptors (Lipinski definition) is 4. The number of anilines is 2. The van der Waals surface area contributed by atoms with Crippen LogP contribution in [-0.4, -0.2) is 37.6 Å². The lowest BCUT2D eigenvalue weighted by Gasteiger charge is -2.19. The first-order valence-electron chi connectivity index (χ1n) is 8.20. The largest absolute Gasteiger partial charge is 0.497 e. The predicted molar refractivity (Wildman–Crippen MR) is 95.8 cm³/mol. The van der Waals surface area contributed by atoms with Crippen LogP contribution in [0.5, 0.6) is 5.75 Å². The number of benzene rings is 2. The highest BCUT2D eigenvalue weighted by molar-refractivity contribution is 6.00. The first kappa shape index (κ1) is 16.3. The van der Waals surface area contributed by atoms with Gasteiger partial charge >= 0.3 is 0 Å². The summed E-state index contributed by atoms with van der Waals surface area (Å²) in [6.45, 7) is 2.15.